The van der Waals surface area contributed by atoms with Crippen molar-refractivity contribution in [2.75, 3.05) is 29.9 Å². The molecule has 9 nitrogen and oxygen atoms in total. The van der Waals surface area contributed by atoms with Crippen LogP contribution in [0.25, 0.3) is 16.7 Å². The Kier molecular flexibility index (Phi) is 7.44. The molecule has 9 heteroatoms. The van der Waals surface area contributed by atoms with Crippen LogP contribution < -0.4 is 10.2 Å². The molecule has 0 bridgehead atoms. The molecular formula is C26H38N6O3. The van der Waals surface area contributed by atoms with Gasteiger partial charge >= 0.3 is 5.97 Å². The lowest BCUT2D eigenvalue weighted by molar-refractivity contribution is -0.154. The van der Waals surface area contributed by atoms with Crippen molar-refractivity contribution in [2.24, 2.45) is 0 Å². The minimum Gasteiger partial charge on any atom is -0.460 e. The van der Waals surface area contributed by atoms with E-state index in [2.05, 4.69) is 56.9 Å². The summed E-state index contributed by atoms with van der Waals surface area (Å²) in [5, 5.41) is 12.1. The van der Waals surface area contributed by atoms with Crippen LogP contribution >= 0.6 is 0 Å². The van der Waals surface area contributed by atoms with E-state index in [9.17, 15) is 4.79 Å². The molecule has 0 saturated carbocycles. The van der Waals surface area contributed by atoms with Gasteiger partial charge in [-0.25, -0.2) is 4.98 Å². The van der Waals surface area contributed by atoms with E-state index in [-0.39, 0.29) is 18.2 Å². The van der Waals surface area contributed by atoms with Crippen LogP contribution in [-0.2, 0) is 14.3 Å². The van der Waals surface area contributed by atoms with Crippen LogP contribution in [0.5, 0.6) is 0 Å². The van der Waals surface area contributed by atoms with Crippen molar-refractivity contribution in [1.82, 2.24) is 19.6 Å². The predicted octanol–water partition coefficient (Wildman–Crippen LogP) is 4.51. The van der Waals surface area contributed by atoms with Crippen molar-refractivity contribution in [1.29, 1.82) is 0 Å². The molecule has 3 heterocycles. The molecule has 3 aromatic rings. The lowest BCUT2D eigenvalue weighted by atomic mass is 10.1. The van der Waals surface area contributed by atoms with Gasteiger partial charge in [-0.15, -0.1) is 10.2 Å². The minimum atomic E-state index is -0.430. The zero-order chi connectivity index (χ0) is 25.2. The number of ether oxygens (including phenoxy) is 2. The number of benzene rings is 1. The van der Waals surface area contributed by atoms with Crippen molar-refractivity contribution in [3.63, 3.8) is 0 Å². The quantitative estimate of drug-likeness (QED) is 0.370. The zero-order valence-corrected chi connectivity index (χ0v) is 21.8. The number of unbranched alkanes of at least 4 members (excludes halogenated alkanes) is 2. The number of morpholine rings is 1. The Morgan fingerprint density at radius 1 is 1.14 bits per heavy atom. The number of nitrogens with zero attached hydrogens (tertiary/aromatic N) is 5. The number of esters is 1. The monoisotopic (exact) mass is 482 g/mol. The van der Waals surface area contributed by atoms with Crippen molar-refractivity contribution in [2.45, 2.75) is 85.0 Å². The van der Waals surface area contributed by atoms with E-state index in [0.29, 0.717) is 6.42 Å². The summed E-state index contributed by atoms with van der Waals surface area (Å²) in [6.07, 6.45) is 3.49. The molecule has 1 aliphatic heterocycles. The number of hydrogen-bond acceptors (Lipinski definition) is 8. The lowest BCUT2D eigenvalue weighted by Gasteiger charge is -2.36. The fraction of sp³-hybridized carbons (Fsp3) is 0.615. The second-order valence-corrected chi connectivity index (χ2v) is 10.5. The third-order valence-corrected chi connectivity index (χ3v) is 6.02. The molecule has 35 heavy (non-hydrogen) atoms. The summed E-state index contributed by atoms with van der Waals surface area (Å²) in [4.78, 5) is 19.2. The number of hydrogen-bond donors (Lipinski definition) is 1. The van der Waals surface area contributed by atoms with Crippen LogP contribution in [0.4, 0.5) is 11.5 Å². The number of rotatable bonds is 8. The van der Waals surface area contributed by atoms with Crippen LogP contribution in [0.15, 0.2) is 18.2 Å². The Bertz CT molecular complexity index is 1180. The first-order chi connectivity index (χ1) is 16.6. The molecular weight excluding hydrogens is 444 g/mol. The molecule has 1 fully saturated rings. The molecule has 0 spiro atoms. The maximum Gasteiger partial charge on any atom is 0.306 e. The third-order valence-electron chi connectivity index (χ3n) is 6.02. The SMILES string of the molecule is Cc1nnc2c(NCCCCCC(=O)OC(C)(C)C)nc3cc(N4C[C@@H](C)O[C@@H](C)C4)ccc3n12. The van der Waals surface area contributed by atoms with E-state index >= 15 is 0 Å². The molecule has 0 radical (unpaired) electrons. The summed E-state index contributed by atoms with van der Waals surface area (Å²) in [5.74, 6) is 1.42. The normalized spacial score (nSPS) is 18.9. The molecule has 1 aliphatic rings. The first-order valence-electron chi connectivity index (χ1n) is 12.6. The summed E-state index contributed by atoms with van der Waals surface area (Å²) in [7, 11) is 0. The van der Waals surface area contributed by atoms with E-state index in [4.69, 9.17) is 14.5 Å². The van der Waals surface area contributed by atoms with Gasteiger partial charge in [0.15, 0.2) is 5.82 Å². The number of carbonyl (C=O) groups is 1. The molecule has 1 aromatic carbocycles. The van der Waals surface area contributed by atoms with Gasteiger partial charge in [0, 0.05) is 31.7 Å². The highest BCUT2D eigenvalue weighted by molar-refractivity contribution is 5.85. The van der Waals surface area contributed by atoms with Gasteiger partial charge in [-0.1, -0.05) is 6.42 Å². The van der Waals surface area contributed by atoms with E-state index in [0.717, 1.165) is 72.9 Å². The molecule has 190 valence electrons. The van der Waals surface area contributed by atoms with Crippen molar-refractivity contribution < 1.29 is 14.3 Å². The topological polar surface area (TPSA) is 93.9 Å². The van der Waals surface area contributed by atoms with Crippen molar-refractivity contribution in [3.8, 4) is 0 Å². The van der Waals surface area contributed by atoms with Gasteiger partial charge in [-0.3, -0.25) is 9.20 Å². The molecule has 0 amide bonds. The fourth-order valence-electron chi connectivity index (χ4n) is 4.64. The third kappa shape index (κ3) is 6.20. The van der Waals surface area contributed by atoms with E-state index in [1.165, 1.54) is 0 Å². The average molecular weight is 483 g/mol. The second kappa shape index (κ2) is 10.4. The summed E-state index contributed by atoms with van der Waals surface area (Å²) >= 11 is 0. The lowest BCUT2D eigenvalue weighted by Crippen LogP contribution is -2.45. The molecule has 2 atom stereocenters. The van der Waals surface area contributed by atoms with Crippen LogP contribution in [0.3, 0.4) is 0 Å². The van der Waals surface area contributed by atoms with Crippen molar-refractivity contribution in [3.05, 3.63) is 24.0 Å². The molecule has 4 rings (SSSR count). The molecule has 1 saturated heterocycles. The maximum absolute atomic E-state index is 11.9. The molecule has 0 aliphatic carbocycles. The van der Waals surface area contributed by atoms with Gasteiger partial charge in [0.2, 0.25) is 5.65 Å². The second-order valence-electron chi connectivity index (χ2n) is 10.5. The standard InChI is InChI=1S/C26H38N6O3/c1-17-15-31(16-18(2)34-17)20-11-12-22-21(14-20)28-24(25-30-29-19(3)32(22)25)27-13-9-7-8-10-23(33)35-26(4,5)6/h11-12,14,17-18H,7-10,13,15-16H2,1-6H3,(H,27,28)/t17-,18+. The van der Waals surface area contributed by atoms with Crippen LogP contribution in [0.1, 0.15) is 66.1 Å². The first kappa shape index (κ1) is 25.2. The van der Waals surface area contributed by atoms with Gasteiger partial charge < -0.3 is 19.7 Å². The van der Waals surface area contributed by atoms with E-state index in [1.54, 1.807) is 0 Å². The fourth-order valence-corrected chi connectivity index (χ4v) is 4.64. The van der Waals surface area contributed by atoms with Gasteiger partial charge in [0.25, 0.3) is 0 Å². The Morgan fingerprint density at radius 2 is 1.89 bits per heavy atom. The average Bonchev–Trinajstić information content (AvgIpc) is 3.16. The summed E-state index contributed by atoms with van der Waals surface area (Å²) < 4.78 is 13.3. The maximum atomic E-state index is 11.9. The van der Waals surface area contributed by atoms with E-state index < -0.39 is 5.60 Å². The number of anilines is 2. The summed E-state index contributed by atoms with van der Waals surface area (Å²) in [5.41, 5.74) is 3.33. The van der Waals surface area contributed by atoms with Crippen LogP contribution in [0, 0.1) is 6.92 Å². The summed E-state index contributed by atoms with van der Waals surface area (Å²) in [6, 6.07) is 6.39. The van der Waals surface area contributed by atoms with Crippen LogP contribution in [-0.4, -0.2) is 63.0 Å². The largest absolute Gasteiger partial charge is 0.460 e. The molecule has 2 aromatic heterocycles. The van der Waals surface area contributed by atoms with E-state index in [1.807, 2.05) is 27.7 Å². The Hall–Kier alpha value is -2.94. The number of fused-ring (bicyclic) bond motifs is 3. The van der Waals surface area contributed by atoms with Crippen molar-refractivity contribution >= 4 is 34.2 Å². The number of aromatic nitrogens is 4. The first-order valence-corrected chi connectivity index (χ1v) is 12.6. The van der Waals surface area contributed by atoms with Gasteiger partial charge in [0.1, 0.15) is 11.4 Å². The highest BCUT2D eigenvalue weighted by Crippen LogP contribution is 2.27. The van der Waals surface area contributed by atoms with Gasteiger partial charge in [-0.05, 0) is 72.6 Å². The predicted molar refractivity (Wildman–Crippen MR) is 138 cm³/mol. The number of nitrogens with one attached hydrogen (secondary N) is 1. The Balaban J connectivity index is 1.45. The number of aryl methyl sites for hydroxylation is 1. The summed E-state index contributed by atoms with van der Waals surface area (Å²) in [6.45, 7) is 14.3. The van der Waals surface area contributed by atoms with Crippen LogP contribution in [0.2, 0.25) is 0 Å². The van der Waals surface area contributed by atoms with Gasteiger partial charge in [-0.2, -0.15) is 0 Å². The molecule has 1 N–H and O–H groups in total. The smallest absolute Gasteiger partial charge is 0.306 e. The highest BCUT2D eigenvalue weighted by Gasteiger charge is 2.23. The highest BCUT2D eigenvalue weighted by atomic mass is 16.6. The minimum absolute atomic E-state index is 0.137. The Labute approximate surface area is 207 Å². The van der Waals surface area contributed by atoms with Gasteiger partial charge in [0.05, 0.1) is 23.2 Å². The molecule has 0 unspecified atom stereocenters. The Morgan fingerprint density at radius 3 is 2.60 bits per heavy atom. The number of carbonyl (C=O) groups excluding carboxylic acids is 1. The zero-order valence-electron chi connectivity index (χ0n) is 21.8.